The summed E-state index contributed by atoms with van der Waals surface area (Å²) in [6.07, 6.45) is -6.19. The molecule has 3 aliphatic rings. The van der Waals surface area contributed by atoms with Crippen molar-refractivity contribution in [2.45, 2.75) is 30.7 Å². The Balaban J connectivity index is 1.39. The number of hydrogen-bond donors (Lipinski definition) is 8. The van der Waals surface area contributed by atoms with Crippen molar-refractivity contribution in [1.82, 2.24) is 0 Å². The van der Waals surface area contributed by atoms with E-state index in [1.54, 1.807) is 0 Å². The van der Waals surface area contributed by atoms with Gasteiger partial charge in [0, 0.05) is 23.8 Å². The maximum absolute atomic E-state index is 12.3. The monoisotopic (exact) mass is 610 g/mol. The molecule has 2 heterocycles. The predicted molar refractivity (Wildman–Crippen MR) is 149 cm³/mol. The minimum atomic E-state index is -1.84. The zero-order valence-electron chi connectivity index (χ0n) is 22.5. The highest BCUT2D eigenvalue weighted by Crippen LogP contribution is 2.43. The van der Waals surface area contributed by atoms with E-state index in [1.165, 1.54) is 36.4 Å². The van der Waals surface area contributed by atoms with Crippen LogP contribution in [0, 0.1) is 0 Å². The SMILES string of the molecule is O=C(/C=C/c1ccc(O)c(O)c1)OC[C@H]1O[C@@H](Oc2cc3c(O)cc(=O)cc-3oc2-c2ccc(O)c(O)c2)[C@H](O)[C@@H](O)[C@@H]1O. The first-order valence-corrected chi connectivity index (χ1v) is 13.0. The Hall–Kier alpha value is -5.28. The van der Waals surface area contributed by atoms with E-state index in [0.29, 0.717) is 5.56 Å². The Morgan fingerprint density at radius 2 is 1.50 bits per heavy atom. The molecule has 0 bridgehead atoms. The first-order chi connectivity index (χ1) is 20.9. The summed E-state index contributed by atoms with van der Waals surface area (Å²) < 4.78 is 22.4. The van der Waals surface area contributed by atoms with Gasteiger partial charge >= 0.3 is 5.97 Å². The van der Waals surface area contributed by atoms with Gasteiger partial charge in [0.05, 0.1) is 5.56 Å². The molecule has 14 heteroatoms. The van der Waals surface area contributed by atoms with E-state index in [1.807, 2.05) is 0 Å². The molecule has 1 aliphatic carbocycles. The third-order valence-corrected chi connectivity index (χ3v) is 6.76. The van der Waals surface area contributed by atoms with Gasteiger partial charge in [-0.2, -0.15) is 0 Å². The highest BCUT2D eigenvalue weighted by molar-refractivity contribution is 5.87. The zero-order chi connectivity index (χ0) is 31.7. The molecule has 5 rings (SSSR count). The molecule has 0 saturated carbocycles. The number of fused-ring (bicyclic) bond motifs is 1. The van der Waals surface area contributed by atoms with Crippen LogP contribution in [-0.4, -0.2) is 84.1 Å². The average Bonchev–Trinajstić information content (AvgIpc) is 2.98. The minimum absolute atomic E-state index is 0.0245. The van der Waals surface area contributed by atoms with Crippen LogP contribution in [0.3, 0.4) is 0 Å². The van der Waals surface area contributed by atoms with Crippen LogP contribution in [-0.2, 0) is 14.3 Å². The molecule has 14 nitrogen and oxygen atoms in total. The molecule has 44 heavy (non-hydrogen) atoms. The molecular formula is C30H26O14. The Kier molecular flexibility index (Phi) is 8.33. The molecule has 2 aliphatic heterocycles. The van der Waals surface area contributed by atoms with Crippen LogP contribution >= 0.6 is 0 Å². The number of phenols is 5. The summed E-state index contributed by atoms with van der Waals surface area (Å²) in [7, 11) is 0. The largest absolute Gasteiger partial charge is 0.507 e. The summed E-state index contributed by atoms with van der Waals surface area (Å²) in [5.74, 6) is -3.45. The lowest BCUT2D eigenvalue weighted by Crippen LogP contribution is -2.60. The second-order valence-electron chi connectivity index (χ2n) is 9.84. The van der Waals surface area contributed by atoms with E-state index < -0.39 is 71.7 Å². The van der Waals surface area contributed by atoms with Gasteiger partial charge in [-0.15, -0.1) is 0 Å². The van der Waals surface area contributed by atoms with Gasteiger partial charge in [-0.05, 0) is 48.0 Å². The van der Waals surface area contributed by atoms with Gasteiger partial charge in [0.15, 0.2) is 39.9 Å². The molecule has 1 fully saturated rings. The van der Waals surface area contributed by atoms with Crippen LogP contribution in [0.5, 0.6) is 34.5 Å². The van der Waals surface area contributed by atoms with Crippen LogP contribution in [0.4, 0.5) is 0 Å². The van der Waals surface area contributed by atoms with Crippen molar-refractivity contribution in [1.29, 1.82) is 0 Å². The van der Waals surface area contributed by atoms with E-state index in [9.17, 15) is 50.4 Å². The van der Waals surface area contributed by atoms with Gasteiger partial charge in [-0.25, -0.2) is 4.79 Å². The zero-order valence-corrected chi connectivity index (χ0v) is 22.5. The Morgan fingerprint density at radius 3 is 2.20 bits per heavy atom. The Labute approximate surface area is 247 Å². The van der Waals surface area contributed by atoms with E-state index >= 15 is 0 Å². The third-order valence-electron chi connectivity index (χ3n) is 6.76. The molecule has 0 amide bonds. The molecule has 230 valence electrons. The Morgan fingerprint density at radius 1 is 0.795 bits per heavy atom. The number of benzene rings is 3. The summed E-state index contributed by atoms with van der Waals surface area (Å²) in [5, 5.41) is 80.7. The summed E-state index contributed by atoms with van der Waals surface area (Å²) in [4.78, 5) is 24.2. The van der Waals surface area contributed by atoms with Gasteiger partial charge in [-0.3, -0.25) is 4.79 Å². The first kappa shape index (κ1) is 30.2. The maximum Gasteiger partial charge on any atom is 0.330 e. The quantitative estimate of drug-likeness (QED) is 0.0839. The topological polar surface area (TPSA) is 237 Å². The number of rotatable bonds is 7. The van der Waals surface area contributed by atoms with Crippen LogP contribution in [0.15, 0.2) is 69.9 Å². The number of aliphatic hydroxyl groups excluding tert-OH is 3. The minimum Gasteiger partial charge on any atom is -0.507 e. The lowest BCUT2D eigenvalue weighted by molar-refractivity contribution is -0.278. The maximum atomic E-state index is 12.3. The average molecular weight is 611 g/mol. The summed E-state index contributed by atoms with van der Waals surface area (Å²) in [6.45, 7) is -0.595. The van der Waals surface area contributed by atoms with Gasteiger partial charge in [0.25, 0.3) is 0 Å². The normalized spacial score (nSPS) is 21.8. The fraction of sp³-hybridized carbons (Fsp3) is 0.200. The highest BCUT2D eigenvalue weighted by Gasteiger charge is 2.46. The number of carbonyl (C=O) groups excluding carboxylic acids is 1. The molecule has 8 N–H and O–H groups in total. The van der Waals surface area contributed by atoms with Crippen LogP contribution in [0.2, 0.25) is 0 Å². The number of aliphatic hydroxyl groups is 3. The molecule has 2 aromatic carbocycles. The fourth-order valence-electron chi connectivity index (χ4n) is 4.42. The van der Waals surface area contributed by atoms with E-state index in [-0.39, 0.29) is 34.1 Å². The molecular weight excluding hydrogens is 584 g/mol. The molecule has 0 unspecified atom stereocenters. The fourth-order valence-corrected chi connectivity index (χ4v) is 4.42. The number of ether oxygens (including phenoxy) is 3. The van der Waals surface area contributed by atoms with Crippen LogP contribution in [0.1, 0.15) is 5.56 Å². The van der Waals surface area contributed by atoms with Crippen molar-refractivity contribution in [2.24, 2.45) is 0 Å². The standard InChI is InChI=1S/C30H26O14/c31-15-9-19(34)16-11-23(29(42-22(16)10-15)14-3-5-18(33)21(36)8-14)43-30-28(40)27(39)26(38)24(44-30)12-41-25(37)6-2-13-1-4-17(32)20(35)7-13/h1-11,24,26-28,30,32-36,38-40H,12H2/b6-2+/t24-,26-,27+,28-,30-/m1/s1. The van der Waals surface area contributed by atoms with Gasteiger partial charge < -0.3 is 59.5 Å². The van der Waals surface area contributed by atoms with Crippen molar-refractivity contribution in [3.05, 3.63) is 76.5 Å². The summed E-state index contributed by atoms with van der Waals surface area (Å²) >= 11 is 0. The Bertz CT molecular complexity index is 1740. The lowest BCUT2D eigenvalue weighted by Gasteiger charge is -2.40. The molecule has 1 saturated heterocycles. The molecule has 0 aromatic heterocycles. The number of phenolic OH excluding ortho intramolecular Hbond substituents is 5. The molecule has 0 radical (unpaired) electrons. The van der Waals surface area contributed by atoms with E-state index in [4.69, 9.17) is 18.6 Å². The van der Waals surface area contributed by atoms with Crippen LogP contribution < -0.4 is 10.2 Å². The number of esters is 1. The number of carbonyl (C=O) groups is 1. The smallest absolute Gasteiger partial charge is 0.330 e. The lowest BCUT2D eigenvalue weighted by atomic mass is 9.99. The highest BCUT2D eigenvalue weighted by atomic mass is 16.7. The molecule has 0 spiro atoms. The van der Waals surface area contributed by atoms with E-state index in [2.05, 4.69) is 0 Å². The van der Waals surface area contributed by atoms with Crippen LogP contribution in [0.25, 0.3) is 28.7 Å². The van der Waals surface area contributed by atoms with Crippen molar-refractivity contribution < 1.29 is 64.3 Å². The van der Waals surface area contributed by atoms with Gasteiger partial charge in [-0.1, -0.05) is 6.07 Å². The second-order valence-corrected chi connectivity index (χ2v) is 9.84. The third kappa shape index (κ3) is 6.23. The summed E-state index contributed by atoms with van der Waals surface area (Å²) in [5.41, 5.74) is -0.0349. The van der Waals surface area contributed by atoms with Gasteiger partial charge in [0.2, 0.25) is 6.29 Å². The van der Waals surface area contributed by atoms with Crippen molar-refractivity contribution in [3.63, 3.8) is 0 Å². The van der Waals surface area contributed by atoms with E-state index in [0.717, 1.165) is 30.3 Å². The first-order valence-electron chi connectivity index (χ1n) is 13.0. The number of hydrogen-bond acceptors (Lipinski definition) is 14. The summed E-state index contributed by atoms with van der Waals surface area (Å²) in [6, 6.07) is 10.8. The van der Waals surface area contributed by atoms with Gasteiger partial charge in [0.1, 0.15) is 42.5 Å². The second kappa shape index (κ2) is 12.1. The van der Waals surface area contributed by atoms with Crippen molar-refractivity contribution in [3.8, 4) is 57.1 Å². The predicted octanol–water partition coefficient (Wildman–Crippen LogP) is 1.38. The van der Waals surface area contributed by atoms with Crippen molar-refractivity contribution in [2.75, 3.05) is 6.61 Å². The van der Waals surface area contributed by atoms with Crippen molar-refractivity contribution >= 4 is 12.0 Å². The number of aromatic hydroxyl groups is 5. The molecule has 5 atom stereocenters. The molecule has 2 aromatic rings.